The predicted molar refractivity (Wildman–Crippen MR) is 82.5 cm³/mol. The van der Waals surface area contributed by atoms with Crippen LogP contribution in [-0.4, -0.2) is 17.0 Å². The molecule has 4 nitrogen and oxygen atoms in total. The molecule has 2 rings (SSSR count). The molecule has 0 saturated heterocycles. The number of hydrogen-bond donors (Lipinski definition) is 2. The van der Waals surface area contributed by atoms with Gasteiger partial charge in [0.2, 0.25) is 5.91 Å². The zero-order chi connectivity index (χ0) is 15.2. The fourth-order valence-corrected chi connectivity index (χ4v) is 1.89. The summed E-state index contributed by atoms with van der Waals surface area (Å²) in [5, 5.41) is 12.0. The van der Waals surface area contributed by atoms with E-state index >= 15 is 0 Å². The highest BCUT2D eigenvalue weighted by molar-refractivity contribution is 6.32. The Morgan fingerprint density at radius 2 is 1.86 bits per heavy atom. The predicted octanol–water partition coefficient (Wildman–Crippen LogP) is 3.69. The molecule has 5 heteroatoms. The van der Waals surface area contributed by atoms with Crippen molar-refractivity contribution >= 4 is 35.2 Å². The largest absolute Gasteiger partial charge is 0.478 e. The van der Waals surface area contributed by atoms with Gasteiger partial charge < -0.3 is 10.4 Å². The molecular formula is C16H12ClNO3. The number of carboxylic acids is 1. The van der Waals surface area contributed by atoms with Crippen molar-refractivity contribution in [3.05, 3.63) is 70.8 Å². The molecule has 0 aliphatic rings. The highest BCUT2D eigenvalue weighted by atomic mass is 35.5. The van der Waals surface area contributed by atoms with Gasteiger partial charge in [0.25, 0.3) is 0 Å². The standard InChI is InChI=1S/C16H12ClNO3/c17-14-7-2-1-4-11(14)8-9-15(19)18-13-6-3-5-12(10-13)16(20)21/h1-10H,(H,18,19)(H,20,21)/b9-8+. The van der Waals surface area contributed by atoms with Gasteiger partial charge in [-0.25, -0.2) is 4.79 Å². The van der Waals surface area contributed by atoms with Crippen LogP contribution in [0.5, 0.6) is 0 Å². The molecule has 2 N–H and O–H groups in total. The van der Waals surface area contributed by atoms with Crippen LogP contribution in [0.4, 0.5) is 5.69 Å². The molecular weight excluding hydrogens is 290 g/mol. The monoisotopic (exact) mass is 301 g/mol. The fraction of sp³-hybridized carbons (Fsp3) is 0. The second kappa shape index (κ2) is 6.72. The number of amides is 1. The van der Waals surface area contributed by atoms with Crippen molar-refractivity contribution in [2.75, 3.05) is 5.32 Å². The highest BCUT2D eigenvalue weighted by Gasteiger charge is 2.04. The summed E-state index contributed by atoms with van der Waals surface area (Å²) in [7, 11) is 0. The number of halogens is 1. The van der Waals surface area contributed by atoms with Crippen LogP contribution in [0, 0.1) is 0 Å². The van der Waals surface area contributed by atoms with Gasteiger partial charge in [-0.2, -0.15) is 0 Å². The SMILES string of the molecule is O=C(/C=C/c1ccccc1Cl)Nc1cccc(C(=O)O)c1. The lowest BCUT2D eigenvalue weighted by Crippen LogP contribution is -2.08. The minimum atomic E-state index is -1.04. The average molecular weight is 302 g/mol. The van der Waals surface area contributed by atoms with Crippen molar-refractivity contribution in [3.8, 4) is 0 Å². The molecule has 2 aromatic rings. The maximum Gasteiger partial charge on any atom is 0.335 e. The number of anilines is 1. The summed E-state index contributed by atoms with van der Waals surface area (Å²) in [4.78, 5) is 22.6. The Labute approximate surface area is 126 Å². The van der Waals surface area contributed by atoms with E-state index in [9.17, 15) is 9.59 Å². The van der Waals surface area contributed by atoms with E-state index < -0.39 is 5.97 Å². The number of carboxylic acid groups (broad SMARTS) is 1. The van der Waals surface area contributed by atoms with Crippen molar-refractivity contribution in [3.63, 3.8) is 0 Å². The lowest BCUT2D eigenvalue weighted by molar-refractivity contribution is -0.111. The van der Waals surface area contributed by atoms with Gasteiger partial charge in [0.05, 0.1) is 5.56 Å². The summed E-state index contributed by atoms with van der Waals surface area (Å²) in [6.07, 6.45) is 2.94. The summed E-state index contributed by atoms with van der Waals surface area (Å²) < 4.78 is 0. The molecule has 0 aliphatic carbocycles. The first-order chi connectivity index (χ1) is 10.1. The van der Waals surface area contributed by atoms with Crippen LogP contribution in [0.1, 0.15) is 15.9 Å². The number of nitrogens with one attached hydrogen (secondary N) is 1. The maximum absolute atomic E-state index is 11.8. The van der Waals surface area contributed by atoms with Crippen molar-refractivity contribution in [2.45, 2.75) is 0 Å². The molecule has 2 aromatic carbocycles. The third kappa shape index (κ3) is 4.19. The van der Waals surface area contributed by atoms with Crippen molar-refractivity contribution in [1.29, 1.82) is 0 Å². The van der Waals surface area contributed by atoms with E-state index in [0.29, 0.717) is 10.7 Å². The molecule has 0 bridgehead atoms. The molecule has 0 radical (unpaired) electrons. The number of aromatic carboxylic acids is 1. The summed E-state index contributed by atoms with van der Waals surface area (Å²) >= 11 is 5.98. The summed E-state index contributed by atoms with van der Waals surface area (Å²) in [6, 6.07) is 13.2. The van der Waals surface area contributed by atoms with Crippen LogP contribution in [0.3, 0.4) is 0 Å². The lowest BCUT2D eigenvalue weighted by atomic mass is 10.2. The van der Waals surface area contributed by atoms with E-state index in [4.69, 9.17) is 16.7 Å². The molecule has 0 saturated carbocycles. The Bertz CT molecular complexity index is 710. The highest BCUT2D eigenvalue weighted by Crippen LogP contribution is 2.16. The summed E-state index contributed by atoms with van der Waals surface area (Å²) in [5.41, 5.74) is 1.26. The van der Waals surface area contributed by atoms with Gasteiger partial charge in [-0.15, -0.1) is 0 Å². The van der Waals surface area contributed by atoms with E-state index in [1.165, 1.54) is 18.2 Å². The van der Waals surface area contributed by atoms with E-state index in [1.807, 2.05) is 6.07 Å². The fourth-order valence-electron chi connectivity index (χ4n) is 1.69. The smallest absolute Gasteiger partial charge is 0.335 e. The van der Waals surface area contributed by atoms with Crippen LogP contribution in [0.15, 0.2) is 54.6 Å². The van der Waals surface area contributed by atoms with Crippen LogP contribution in [0.25, 0.3) is 6.08 Å². The molecule has 1 amide bonds. The van der Waals surface area contributed by atoms with E-state index in [2.05, 4.69) is 5.32 Å². The van der Waals surface area contributed by atoms with E-state index in [1.54, 1.807) is 36.4 Å². The topological polar surface area (TPSA) is 66.4 Å². The zero-order valence-corrected chi connectivity index (χ0v) is 11.7. The van der Waals surface area contributed by atoms with Crippen LogP contribution < -0.4 is 5.32 Å². The molecule has 0 unspecified atom stereocenters. The van der Waals surface area contributed by atoms with Gasteiger partial charge in [-0.05, 0) is 35.9 Å². The third-order valence-electron chi connectivity index (χ3n) is 2.70. The Hall–Kier alpha value is -2.59. The third-order valence-corrected chi connectivity index (χ3v) is 3.04. The Kier molecular flexibility index (Phi) is 4.74. The van der Waals surface area contributed by atoms with Crippen molar-refractivity contribution in [1.82, 2.24) is 0 Å². The van der Waals surface area contributed by atoms with Crippen LogP contribution in [0.2, 0.25) is 5.02 Å². The number of hydrogen-bond acceptors (Lipinski definition) is 2. The Morgan fingerprint density at radius 3 is 2.57 bits per heavy atom. The second-order valence-electron chi connectivity index (χ2n) is 4.23. The maximum atomic E-state index is 11.8. The van der Waals surface area contributed by atoms with E-state index in [0.717, 1.165) is 5.56 Å². The number of carbonyl (C=O) groups excluding carboxylic acids is 1. The second-order valence-corrected chi connectivity index (χ2v) is 4.64. The molecule has 0 aliphatic heterocycles. The minimum Gasteiger partial charge on any atom is -0.478 e. The molecule has 0 atom stereocenters. The normalized spacial score (nSPS) is 10.5. The van der Waals surface area contributed by atoms with Crippen molar-refractivity contribution < 1.29 is 14.7 Å². The van der Waals surface area contributed by atoms with Gasteiger partial charge >= 0.3 is 5.97 Å². The van der Waals surface area contributed by atoms with Gasteiger partial charge in [0.15, 0.2) is 0 Å². The van der Waals surface area contributed by atoms with Gasteiger partial charge in [0.1, 0.15) is 0 Å². The molecule has 106 valence electrons. The number of carbonyl (C=O) groups is 2. The van der Waals surface area contributed by atoms with Gasteiger partial charge in [0, 0.05) is 16.8 Å². The molecule has 0 heterocycles. The number of benzene rings is 2. The first kappa shape index (κ1) is 14.8. The van der Waals surface area contributed by atoms with Gasteiger partial charge in [-0.3, -0.25) is 4.79 Å². The van der Waals surface area contributed by atoms with Crippen LogP contribution in [-0.2, 0) is 4.79 Å². The zero-order valence-electron chi connectivity index (χ0n) is 10.9. The Morgan fingerprint density at radius 1 is 1.10 bits per heavy atom. The molecule has 0 spiro atoms. The van der Waals surface area contributed by atoms with Crippen molar-refractivity contribution in [2.24, 2.45) is 0 Å². The minimum absolute atomic E-state index is 0.114. The Balaban J connectivity index is 2.07. The van der Waals surface area contributed by atoms with Crippen LogP contribution >= 0.6 is 11.6 Å². The number of rotatable bonds is 4. The summed E-state index contributed by atoms with van der Waals surface area (Å²) in [5.74, 6) is -1.41. The first-order valence-electron chi connectivity index (χ1n) is 6.13. The van der Waals surface area contributed by atoms with Gasteiger partial charge in [-0.1, -0.05) is 35.9 Å². The lowest BCUT2D eigenvalue weighted by Gasteiger charge is -2.03. The first-order valence-corrected chi connectivity index (χ1v) is 6.51. The average Bonchev–Trinajstić information content (AvgIpc) is 2.46. The van der Waals surface area contributed by atoms with E-state index in [-0.39, 0.29) is 11.5 Å². The molecule has 21 heavy (non-hydrogen) atoms. The molecule has 0 fully saturated rings. The quantitative estimate of drug-likeness (QED) is 0.846. The molecule has 0 aromatic heterocycles. The summed E-state index contributed by atoms with van der Waals surface area (Å²) in [6.45, 7) is 0.